The van der Waals surface area contributed by atoms with Crippen molar-refractivity contribution in [3.63, 3.8) is 0 Å². The third-order valence-corrected chi connectivity index (χ3v) is 3.32. The van der Waals surface area contributed by atoms with E-state index in [4.69, 9.17) is 0 Å². The van der Waals surface area contributed by atoms with Crippen LogP contribution in [0.25, 0.3) is 0 Å². The molecule has 0 saturated heterocycles. The molecule has 2 aromatic rings. The molecule has 0 fully saturated rings. The summed E-state index contributed by atoms with van der Waals surface area (Å²) in [6, 6.07) is 11.2. The van der Waals surface area contributed by atoms with E-state index in [1.165, 1.54) is 12.1 Å². The number of rotatable bonds is 5. The molecule has 0 atom stereocenters. The van der Waals surface area contributed by atoms with Crippen molar-refractivity contribution in [2.45, 2.75) is 13.1 Å². The van der Waals surface area contributed by atoms with Crippen molar-refractivity contribution in [2.75, 3.05) is 0 Å². The summed E-state index contributed by atoms with van der Waals surface area (Å²) in [7, 11) is 0. The van der Waals surface area contributed by atoms with Gasteiger partial charge in [0.15, 0.2) is 0 Å². The zero-order chi connectivity index (χ0) is 14.5. The maximum atomic E-state index is 13.4. The third-order valence-electron chi connectivity index (χ3n) is 2.83. The molecule has 0 unspecified atom stereocenters. The molecule has 0 aliphatic carbocycles. The van der Waals surface area contributed by atoms with E-state index in [1.54, 1.807) is 30.3 Å². The maximum Gasteiger partial charge on any atom is 0.273 e. The van der Waals surface area contributed by atoms with Crippen LogP contribution in [0.3, 0.4) is 0 Å². The Morgan fingerprint density at radius 1 is 1.15 bits per heavy atom. The van der Waals surface area contributed by atoms with Gasteiger partial charge in [0.2, 0.25) is 0 Å². The molecule has 0 spiro atoms. The van der Waals surface area contributed by atoms with E-state index in [2.05, 4.69) is 21.2 Å². The molecule has 4 nitrogen and oxygen atoms in total. The number of halogens is 2. The van der Waals surface area contributed by atoms with Crippen LogP contribution in [-0.2, 0) is 13.1 Å². The topological polar surface area (TPSA) is 55.2 Å². The van der Waals surface area contributed by atoms with Crippen LogP contribution in [-0.4, -0.2) is 4.92 Å². The number of hydrogen-bond donors (Lipinski definition) is 1. The molecule has 104 valence electrons. The normalized spacial score (nSPS) is 10.5. The van der Waals surface area contributed by atoms with Crippen molar-refractivity contribution in [3.05, 3.63) is 74.0 Å². The number of benzene rings is 2. The van der Waals surface area contributed by atoms with Crippen LogP contribution >= 0.6 is 15.9 Å². The monoisotopic (exact) mass is 338 g/mol. The highest BCUT2D eigenvalue weighted by molar-refractivity contribution is 9.10. The van der Waals surface area contributed by atoms with Crippen molar-refractivity contribution in [1.82, 2.24) is 5.32 Å². The average Bonchev–Trinajstić information content (AvgIpc) is 2.41. The van der Waals surface area contributed by atoms with Gasteiger partial charge in [0.1, 0.15) is 5.82 Å². The van der Waals surface area contributed by atoms with Gasteiger partial charge in [-0.05, 0) is 18.2 Å². The molecular formula is C14H12BrFN2O2. The first-order chi connectivity index (χ1) is 9.58. The second-order valence-electron chi connectivity index (χ2n) is 4.23. The largest absolute Gasteiger partial charge is 0.308 e. The molecule has 6 heteroatoms. The number of nitro benzene ring substituents is 1. The zero-order valence-electron chi connectivity index (χ0n) is 10.5. The van der Waals surface area contributed by atoms with E-state index in [-0.39, 0.29) is 11.5 Å². The summed E-state index contributed by atoms with van der Waals surface area (Å²) in [6.07, 6.45) is 0. The summed E-state index contributed by atoms with van der Waals surface area (Å²) in [5.41, 5.74) is 1.14. The lowest BCUT2D eigenvalue weighted by Crippen LogP contribution is -2.14. The van der Waals surface area contributed by atoms with Gasteiger partial charge in [0, 0.05) is 34.8 Å². The lowest BCUT2D eigenvalue weighted by atomic mass is 10.1. The summed E-state index contributed by atoms with van der Waals surface area (Å²) in [6.45, 7) is 0.612. The highest BCUT2D eigenvalue weighted by Gasteiger charge is 2.13. The van der Waals surface area contributed by atoms with Gasteiger partial charge in [-0.3, -0.25) is 10.1 Å². The second kappa shape index (κ2) is 6.58. The van der Waals surface area contributed by atoms with E-state index >= 15 is 0 Å². The van der Waals surface area contributed by atoms with Crippen molar-refractivity contribution in [1.29, 1.82) is 0 Å². The van der Waals surface area contributed by atoms with Crippen LogP contribution in [0.4, 0.5) is 10.1 Å². The molecule has 2 rings (SSSR count). The average molecular weight is 339 g/mol. The Labute approximate surface area is 123 Å². The highest BCUT2D eigenvalue weighted by atomic mass is 79.9. The molecule has 0 amide bonds. The van der Waals surface area contributed by atoms with Gasteiger partial charge in [-0.15, -0.1) is 0 Å². The Morgan fingerprint density at radius 3 is 2.55 bits per heavy atom. The number of nitro groups is 1. The molecule has 0 bridgehead atoms. The number of nitrogens with one attached hydrogen (secondary N) is 1. The van der Waals surface area contributed by atoms with Crippen LogP contribution < -0.4 is 5.32 Å². The Kier molecular flexibility index (Phi) is 4.81. The fraction of sp³-hybridized carbons (Fsp3) is 0.143. The zero-order valence-corrected chi connectivity index (χ0v) is 12.1. The van der Waals surface area contributed by atoms with Gasteiger partial charge in [-0.1, -0.05) is 34.1 Å². The van der Waals surface area contributed by atoms with E-state index in [9.17, 15) is 14.5 Å². The fourth-order valence-corrected chi connectivity index (χ4v) is 2.26. The molecule has 2 aromatic carbocycles. The Morgan fingerprint density at radius 2 is 1.85 bits per heavy atom. The van der Waals surface area contributed by atoms with Crippen LogP contribution in [0.2, 0.25) is 0 Å². The first-order valence-electron chi connectivity index (χ1n) is 5.95. The predicted octanol–water partition coefficient (Wildman–Crippen LogP) is 3.79. The molecule has 0 aliphatic rings. The summed E-state index contributed by atoms with van der Waals surface area (Å²) in [4.78, 5) is 10.5. The minimum absolute atomic E-state index is 0.0502. The first-order valence-corrected chi connectivity index (χ1v) is 6.74. The van der Waals surface area contributed by atoms with E-state index < -0.39 is 4.92 Å². The van der Waals surface area contributed by atoms with E-state index in [0.29, 0.717) is 24.2 Å². The van der Waals surface area contributed by atoms with E-state index in [1.807, 2.05) is 0 Å². The molecule has 0 aliphatic heterocycles. The minimum Gasteiger partial charge on any atom is -0.308 e. The smallest absolute Gasteiger partial charge is 0.273 e. The maximum absolute atomic E-state index is 13.4. The fourth-order valence-electron chi connectivity index (χ4n) is 1.85. The van der Waals surface area contributed by atoms with Crippen LogP contribution in [0.1, 0.15) is 11.1 Å². The number of nitrogens with zero attached hydrogens (tertiary/aromatic N) is 1. The summed E-state index contributed by atoms with van der Waals surface area (Å²) in [5.74, 6) is -0.288. The van der Waals surface area contributed by atoms with Gasteiger partial charge < -0.3 is 5.32 Å². The lowest BCUT2D eigenvalue weighted by Gasteiger charge is -2.07. The minimum atomic E-state index is -0.424. The van der Waals surface area contributed by atoms with Gasteiger partial charge in [-0.2, -0.15) is 0 Å². The Bertz CT molecular complexity index is 634. The SMILES string of the molecule is O=[N+]([O-])c1ccc(Br)cc1CNCc1ccccc1F. The lowest BCUT2D eigenvalue weighted by molar-refractivity contribution is -0.385. The van der Waals surface area contributed by atoms with Crippen LogP contribution in [0.5, 0.6) is 0 Å². The van der Waals surface area contributed by atoms with Gasteiger partial charge in [0.25, 0.3) is 5.69 Å². The standard InChI is InChI=1S/C14H12BrFN2O2/c15-12-5-6-14(18(19)20)11(7-12)9-17-8-10-3-1-2-4-13(10)16/h1-7,17H,8-9H2. The molecule has 20 heavy (non-hydrogen) atoms. The first kappa shape index (κ1) is 14.6. The molecule has 0 radical (unpaired) electrons. The van der Waals surface area contributed by atoms with Crippen LogP contribution in [0, 0.1) is 15.9 Å². The summed E-state index contributed by atoms with van der Waals surface area (Å²) >= 11 is 3.28. The third kappa shape index (κ3) is 3.61. The van der Waals surface area contributed by atoms with Gasteiger partial charge in [0.05, 0.1) is 4.92 Å². The Hall–Kier alpha value is -1.79. The summed E-state index contributed by atoms with van der Waals surface area (Å²) in [5, 5.41) is 13.9. The highest BCUT2D eigenvalue weighted by Crippen LogP contribution is 2.23. The molecule has 1 N–H and O–H groups in total. The number of hydrogen-bond acceptors (Lipinski definition) is 3. The second-order valence-corrected chi connectivity index (χ2v) is 5.14. The van der Waals surface area contributed by atoms with Gasteiger partial charge in [-0.25, -0.2) is 4.39 Å². The predicted molar refractivity (Wildman–Crippen MR) is 77.7 cm³/mol. The Balaban J connectivity index is 2.06. The molecule has 0 saturated carbocycles. The molecule has 0 heterocycles. The van der Waals surface area contributed by atoms with E-state index in [0.717, 1.165) is 4.47 Å². The van der Waals surface area contributed by atoms with Gasteiger partial charge >= 0.3 is 0 Å². The molecule has 0 aromatic heterocycles. The van der Waals surface area contributed by atoms with Crippen molar-refractivity contribution in [3.8, 4) is 0 Å². The quantitative estimate of drug-likeness (QED) is 0.666. The molecular weight excluding hydrogens is 327 g/mol. The van der Waals surface area contributed by atoms with Crippen molar-refractivity contribution >= 4 is 21.6 Å². The summed E-state index contributed by atoms with van der Waals surface area (Å²) < 4.78 is 14.2. The van der Waals surface area contributed by atoms with Crippen LogP contribution in [0.15, 0.2) is 46.9 Å². The van der Waals surface area contributed by atoms with Crippen molar-refractivity contribution in [2.24, 2.45) is 0 Å². The van der Waals surface area contributed by atoms with Crippen molar-refractivity contribution < 1.29 is 9.31 Å².